The van der Waals surface area contributed by atoms with Crippen LogP contribution < -0.4 is 4.72 Å². The number of aryl methyl sites for hydroxylation is 1. The lowest BCUT2D eigenvalue weighted by Crippen LogP contribution is -2.41. The first-order valence-electron chi connectivity index (χ1n) is 9.72. The highest BCUT2D eigenvalue weighted by Crippen LogP contribution is 2.28. The molecule has 0 saturated heterocycles. The van der Waals surface area contributed by atoms with Crippen molar-refractivity contribution in [2.75, 3.05) is 13.1 Å². The fourth-order valence-electron chi connectivity index (χ4n) is 3.98. The predicted octanol–water partition coefficient (Wildman–Crippen LogP) is 3.38. The summed E-state index contributed by atoms with van der Waals surface area (Å²) in [6.07, 6.45) is 2.78. The summed E-state index contributed by atoms with van der Waals surface area (Å²) in [7, 11) is -2.22. The summed E-state index contributed by atoms with van der Waals surface area (Å²) >= 11 is 0. The maximum atomic E-state index is 14.1. The van der Waals surface area contributed by atoms with Crippen molar-refractivity contribution in [3.05, 3.63) is 89.2 Å². The molecule has 3 aromatic rings. The summed E-state index contributed by atoms with van der Waals surface area (Å²) < 4.78 is 57.1. The van der Waals surface area contributed by atoms with Crippen LogP contribution >= 0.6 is 0 Å². The Morgan fingerprint density at radius 2 is 1.83 bits per heavy atom. The van der Waals surface area contributed by atoms with Gasteiger partial charge in [-0.15, -0.1) is 0 Å². The summed E-state index contributed by atoms with van der Waals surface area (Å²) in [5, 5.41) is 0. The summed E-state index contributed by atoms with van der Waals surface area (Å²) in [4.78, 5) is 1.67. The Morgan fingerprint density at radius 3 is 2.53 bits per heavy atom. The van der Waals surface area contributed by atoms with Gasteiger partial charge in [0.05, 0.1) is 6.04 Å². The minimum Gasteiger partial charge on any atom is -0.353 e. The molecule has 1 unspecified atom stereocenters. The van der Waals surface area contributed by atoms with Crippen LogP contribution in [-0.2, 0) is 30.0 Å². The second-order valence-electron chi connectivity index (χ2n) is 7.48. The van der Waals surface area contributed by atoms with Gasteiger partial charge >= 0.3 is 0 Å². The molecular weight excluding hydrogens is 408 g/mol. The van der Waals surface area contributed by atoms with Crippen LogP contribution in [0.3, 0.4) is 0 Å². The van der Waals surface area contributed by atoms with Gasteiger partial charge in [0.1, 0.15) is 16.5 Å². The summed E-state index contributed by atoms with van der Waals surface area (Å²) in [5.74, 6) is -1.93. The molecule has 1 N–H and O–H groups in total. The van der Waals surface area contributed by atoms with Crippen LogP contribution in [0.2, 0.25) is 0 Å². The smallest absolute Gasteiger partial charge is 0.243 e. The van der Waals surface area contributed by atoms with E-state index in [1.807, 2.05) is 42.1 Å². The number of aromatic nitrogens is 1. The molecule has 0 radical (unpaired) electrons. The van der Waals surface area contributed by atoms with Gasteiger partial charge in [0.15, 0.2) is 0 Å². The first kappa shape index (κ1) is 20.7. The first-order valence-corrected chi connectivity index (χ1v) is 11.2. The topological polar surface area (TPSA) is 54.3 Å². The highest BCUT2D eigenvalue weighted by Gasteiger charge is 2.28. The summed E-state index contributed by atoms with van der Waals surface area (Å²) in [6.45, 7) is 1.54. The normalized spacial score (nSPS) is 15.7. The lowest BCUT2D eigenvalue weighted by molar-refractivity contribution is 0.174. The van der Waals surface area contributed by atoms with E-state index in [4.69, 9.17) is 0 Å². The third-order valence-corrected chi connectivity index (χ3v) is 7.03. The van der Waals surface area contributed by atoms with Gasteiger partial charge in [0.2, 0.25) is 10.0 Å². The van der Waals surface area contributed by atoms with E-state index >= 15 is 0 Å². The number of rotatable bonds is 6. The SMILES string of the molecule is Cn1cccc1C(CNS(=O)(=O)c1ccc(F)cc1F)N1CCc2ccccc2C1. The minimum atomic E-state index is -4.13. The Balaban J connectivity index is 1.59. The molecule has 1 aromatic heterocycles. The Kier molecular flexibility index (Phi) is 5.73. The van der Waals surface area contributed by atoms with E-state index in [1.54, 1.807) is 0 Å². The van der Waals surface area contributed by atoms with Crippen molar-refractivity contribution in [3.8, 4) is 0 Å². The quantitative estimate of drug-likeness (QED) is 0.651. The average Bonchev–Trinajstić information content (AvgIpc) is 3.13. The molecule has 1 aliphatic rings. The predicted molar refractivity (Wildman–Crippen MR) is 110 cm³/mol. The molecule has 0 fully saturated rings. The number of fused-ring (bicyclic) bond motifs is 1. The molecule has 4 rings (SSSR count). The van der Waals surface area contributed by atoms with E-state index in [0.29, 0.717) is 12.6 Å². The molecule has 2 heterocycles. The number of nitrogens with one attached hydrogen (secondary N) is 1. The summed E-state index contributed by atoms with van der Waals surface area (Å²) in [5.41, 5.74) is 3.47. The van der Waals surface area contributed by atoms with Crippen molar-refractivity contribution in [1.82, 2.24) is 14.2 Å². The molecule has 8 heteroatoms. The van der Waals surface area contributed by atoms with E-state index in [9.17, 15) is 17.2 Å². The standard InChI is InChI=1S/C22H23F2N3O2S/c1-26-11-4-7-20(26)21(27-12-10-16-5-2-3-6-17(16)15-27)14-25-30(28,29)22-9-8-18(23)13-19(22)24/h2-9,11,13,21,25H,10,12,14-15H2,1H3. The lowest BCUT2D eigenvalue weighted by atomic mass is 9.98. The van der Waals surface area contributed by atoms with E-state index in [-0.39, 0.29) is 12.6 Å². The van der Waals surface area contributed by atoms with Gasteiger partial charge in [-0.25, -0.2) is 21.9 Å². The number of halogens is 2. The molecule has 30 heavy (non-hydrogen) atoms. The lowest BCUT2D eigenvalue weighted by Gasteiger charge is -2.36. The molecule has 0 aliphatic carbocycles. The van der Waals surface area contributed by atoms with Crippen LogP contribution in [0.25, 0.3) is 0 Å². The fourth-order valence-corrected chi connectivity index (χ4v) is 5.08. The van der Waals surface area contributed by atoms with E-state index in [2.05, 4.69) is 21.8 Å². The number of sulfonamides is 1. The van der Waals surface area contributed by atoms with Crippen LogP contribution in [-0.4, -0.2) is 31.0 Å². The van der Waals surface area contributed by atoms with Crippen LogP contribution in [0.5, 0.6) is 0 Å². The van der Waals surface area contributed by atoms with Crippen molar-refractivity contribution >= 4 is 10.0 Å². The van der Waals surface area contributed by atoms with Crippen molar-refractivity contribution in [2.45, 2.75) is 23.9 Å². The highest BCUT2D eigenvalue weighted by molar-refractivity contribution is 7.89. The third-order valence-electron chi connectivity index (χ3n) is 5.58. The van der Waals surface area contributed by atoms with Crippen molar-refractivity contribution in [3.63, 3.8) is 0 Å². The van der Waals surface area contributed by atoms with E-state index in [0.717, 1.165) is 30.8 Å². The maximum absolute atomic E-state index is 14.1. The zero-order valence-corrected chi connectivity index (χ0v) is 17.4. The second kappa shape index (κ2) is 8.29. The van der Waals surface area contributed by atoms with E-state index in [1.165, 1.54) is 11.1 Å². The molecule has 1 aliphatic heterocycles. The number of hydrogen-bond donors (Lipinski definition) is 1. The van der Waals surface area contributed by atoms with Gasteiger partial charge in [0.25, 0.3) is 0 Å². The molecule has 0 bridgehead atoms. The zero-order chi connectivity index (χ0) is 21.3. The highest BCUT2D eigenvalue weighted by atomic mass is 32.2. The number of nitrogens with zero attached hydrogens (tertiary/aromatic N) is 2. The molecule has 158 valence electrons. The monoisotopic (exact) mass is 431 g/mol. The van der Waals surface area contributed by atoms with Crippen molar-refractivity contribution in [1.29, 1.82) is 0 Å². The molecule has 2 aromatic carbocycles. The number of hydrogen-bond acceptors (Lipinski definition) is 3. The van der Waals surface area contributed by atoms with Gasteiger partial charge in [-0.3, -0.25) is 4.90 Å². The number of benzene rings is 2. The van der Waals surface area contributed by atoms with Gasteiger partial charge in [-0.05, 0) is 41.8 Å². The average molecular weight is 432 g/mol. The first-order chi connectivity index (χ1) is 14.3. The Hall–Kier alpha value is -2.55. The van der Waals surface area contributed by atoms with Crippen LogP contribution in [0.1, 0.15) is 22.9 Å². The van der Waals surface area contributed by atoms with Crippen LogP contribution in [0.15, 0.2) is 65.7 Å². The van der Waals surface area contributed by atoms with E-state index < -0.39 is 26.6 Å². The molecular formula is C22H23F2N3O2S. The van der Waals surface area contributed by atoms with Crippen LogP contribution in [0.4, 0.5) is 8.78 Å². The molecule has 1 atom stereocenters. The van der Waals surface area contributed by atoms with Gasteiger partial charge in [0, 0.05) is 44.6 Å². The summed E-state index contributed by atoms with van der Waals surface area (Å²) in [6, 6.07) is 14.3. The molecule has 0 saturated carbocycles. The Bertz CT molecular complexity index is 1160. The zero-order valence-electron chi connectivity index (χ0n) is 16.6. The Labute approximate surface area is 175 Å². The van der Waals surface area contributed by atoms with Gasteiger partial charge in [-0.1, -0.05) is 24.3 Å². The molecule has 0 spiro atoms. The molecule has 0 amide bonds. The Morgan fingerprint density at radius 1 is 1.07 bits per heavy atom. The van der Waals surface area contributed by atoms with Crippen molar-refractivity contribution in [2.24, 2.45) is 7.05 Å². The minimum absolute atomic E-state index is 0.0686. The van der Waals surface area contributed by atoms with Gasteiger partial charge in [-0.2, -0.15) is 0 Å². The van der Waals surface area contributed by atoms with Gasteiger partial charge < -0.3 is 4.57 Å². The largest absolute Gasteiger partial charge is 0.353 e. The van der Waals surface area contributed by atoms with Crippen LogP contribution in [0, 0.1) is 11.6 Å². The second-order valence-corrected chi connectivity index (χ2v) is 9.21. The van der Waals surface area contributed by atoms with Crippen molar-refractivity contribution < 1.29 is 17.2 Å². The fraction of sp³-hybridized carbons (Fsp3) is 0.273. The maximum Gasteiger partial charge on any atom is 0.243 e. The molecule has 5 nitrogen and oxygen atoms in total. The third kappa shape index (κ3) is 4.16.